The number of likely N-dealkylation sites (N-methyl/N-ethyl adjacent to an activating group) is 1. The van der Waals surface area contributed by atoms with Crippen molar-refractivity contribution in [3.63, 3.8) is 0 Å². The molecular formula is C14H20N2O. The summed E-state index contributed by atoms with van der Waals surface area (Å²) in [6, 6.07) is 6.18. The smallest absolute Gasteiger partial charge is 0.178 e. The van der Waals surface area contributed by atoms with E-state index in [0.29, 0.717) is 6.54 Å². The number of hydrogen-bond donors (Lipinski definition) is 1. The van der Waals surface area contributed by atoms with Crippen LogP contribution < -0.4 is 10.2 Å². The minimum atomic E-state index is 0.179. The molecule has 3 nitrogen and oxygen atoms in total. The van der Waals surface area contributed by atoms with Crippen LogP contribution in [0.1, 0.15) is 28.8 Å². The minimum Gasteiger partial charge on any atom is -0.371 e. The van der Waals surface area contributed by atoms with E-state index in [2.05, 4.69) is 22.3 Å². The van der Waals surface area contributed by atoms with Crippen LogP contribution in [0, 0.1) is 6.92 Å². The number of carbonyl (C=O) groups excluding carboxylic acids is 1. The molecule has 3 heteroatoms. The van der Waals surface area contributed by atoms with Crippen LogP contribution in [-0.2, 0) is 0 Å². The summed E-state index contributed by atoms with van der Waals surface area (Å²) in [6.45, 7) is 4.58. The van der Waals surface area contributed by atoms with E-state index in [4.69, 9.17) is 0 Å². The topological polar surface area (TPSA) is 32.3 Å². The molecule has 0 aromatic heterocycles. The lowest BCUT2D eigenvalue weighted by Gasteiger charge is -2.21. The molecule has 2 rings (SSSR count). The van der Waals surface area contributed by atoms with Gasteiger partial charge >= 0.3 is 0 Å². The first-order chi connectivity index (χ1) is 8.22. The Morgan fingerprint density at radius 3 is 2.71 bits per heavy atom. The van der Waals surface area contributed by atoms with E-state index in [0.717, 1.165) is 29.9 Å². The molecule has 0 bridgehead atoms. The average molecular weight is 232 g/mol. The second kappa shape index (κ2) is 5.32. The molecule has 1 N–H and O–H groups in total. The predicted octanol–water partition coefficient (Wildman–Crippen LogP) is 2.00. The first kappa shape index (κ1) is 12.1. The molecular weight excluding hydrogens is 212 g/mol. The Bertz CT molecular complexity index is 409. The Hall–Kier alpha value is -1.35. The van der Waals surface area contributed by atoms with Crippen molar-refractivity contribution in [1.82, 2.24) is 5.32 Å². The Kier molecular flexibility index (Phi) is 3.79. The van der Waals surface area contributed by atoms with Crippen molar-refractivity contribution in [2.24, 2.45) is 0 Å². The van der Waals surface area contributed by atoms with Gasteiger partial charge in [-0.15, -0.1) is 0 Å². The van der Waals surface area contributed by atoms with Gasteiger partial charge < -0.3 is 10.2 Å². The summed E-state index contributed by atoms with van der Waals surface area (Å²) in [5, 5.41) is 2.94. The standard InChI is InChI=1S/C14H20N2O/c1-11-5-6-13(16-7-3-4-8-16)12(9-11)14(17)10-15-2/h5-6,9,15H,3-4,7-8,10H2,1-2H3. The quantitative estimate of drug-likeness (QED) is 0.806. The van der Waals surface area contributed by atoms with Crippen molar-refractivity contribution in [3.05, 3.63) is 29.3 Å². The third kappa shape index (κ3) is 2.67. The maximum atomic E-state index is 12.1. The van der Waals surface area contributed by atoms with Gasteiger partial charge in [0.1, 0.15) is 0 Å². The molecule has 0 saturated carbocycles. The van der Waals surface area contributed by atoms with Gasteiger partial charge in [-0.05, 0) is 38.9 Å². The highest BCUT2D eigenvalue weighted by Gasteiger charge is 2.18. The van der Waals surface area contributed by atoms with E-state index in [1.54, 1.807) is 0 Å². The normalized spacial score (nSPS) is 15.3. The molecule has 1 heterocycles. The van der Waals surface area contributed by atoms with E-state index in [1.165, 1.54) is 12.8 Å². The largest absolute Gasteiger partial charge is 0.371 e. The van der Waals surface area contributed by atoms with Gasteiger partial charge in [0.2, 0.25) is 0 Å². The molecule has 1 aromatic rings. The molecule has 0 aliphatic carbocycles. The number of Topliss-reactive ketones (excluding diaryl/α,β-unsaturated/α-hetero) is 1. The number of nitrogens with zero attached hydrogens (tertiary/aromatic N) is 1. The van der Waals surface area contributed by atoms with E-state index >= 15 is 0 Å². The molecule has 0 spiro atoms. The fourth-order valence-electron chi connectivity index (χ4n) is 2.36. The van der Waals surface area contributed by atoms with Gasteiger partial charge in [-0.1, -0.05) is 11.6 Å². The highest BCUT2D eigenvalue weighted by molar-refractivity contribution is 6.02. The first-order valence-electron chi connectivity index (χ1n) is 6.26. The molecule has 92 valence electrons. The van der Waals surface area contributed by atoms with Gasteiger partial charge in [0.05, 0.1) is 6.54 Å². The number of nitrogens with one attached hydrogen (secondary N) is 1. The second-order valence-electron chi connectivity index (χ2n) is 4.67. The SMILES string of the molecule is CNCC(=O)c1cc(C)ccc1N1CCCC1. The van der Waals surface area contributed by atoms with Crippen LogP contribution in [-0.4, -0.2) is 32.5 Å². The Balaban J connectivity index is 2.33. The van der Waals surface area contributed by atoms with Crippen molar-refractivity contribution in [1.29, 1.82) is 0 Å². The van der Waals surface area contributed by atoms with E-state index in [9.17, 15) is 4.79 Å². The van der Waals surface area contributed by atoms with Crippen LogP contribution in [0.3, 0.4) is 0 Å². The Morgan fingerprint density at radius 1 is 1.35 bits per heavy atom. The zero-order chi connectivity index (χ0) is 12.3. The molecule has 0 atom stereocenters. The van der Waals surface area contributed by atoms with Gasteiger partial charge in [0.15, 0.2) is 5.78 Å². The maximum Gasteiger partial charge on any atom is 0.178 e. The van der Waals surface area contributed by atoms with Crippen LogP contribution >= 0.6 is 0 Å². The summed E-state index contributed by atoms with van der Waals surface area (Å²) in [6.07, 6.45) is 2.46. The summed E-state index contributed by atoms with van der Waals surface area (Å²) in [5.41, 5.74) is 3.11. The Labute approximate surface area is 103 Å². The number of hydrogen-bond acceptors (Lipinski definition) is 3. The first-order valence-corrected chi connectivity index (χ1v) is 6.26. The van der Waals surface area contributed by atoms with E-state index in [-0.39, 0.29) is 5.78 Å². The molecule has 0 radical (unpaired) electrons. The van der Waals surface area contributed by atoms with Gasteiger partial charge in [0.25, 0.3) is 0 Å². The zero-order valence-corrected chi connectivity index (χ0v) is 10.6. The maximum absolute atomic E-state index is 12.1. The third-order valence-electron chi connectivity index (χ3n) is 3.24. The van der Waals surface area contributed by atoms with Crippen molar-refractivity contribution in [2.45, 2.75) is 19.8 Å². The van der Waals surface area contributed by atoms with Crippen molar-refractivity contribution >= 4 is 11.5 Å². The van der Waals surface area contributed by atoms with Crippen LogP contribution in [0.25, 0.3) is 0 Å². The molecule has 17 heavy (non-hydrogen) atoms. The van der Waals surface area contributed by atoms with Crippen LogP contribution in [0.5, 0.6) is 0 Å². The van der Waals surface area contributed by atoms with Gasteiger partial charge in [0, 0.05) is 24.3 Å². The average Bonchev–Trinajstić information content (AvgIpc) is 2.82. The molecule has 1 aromatic carbocycles. The summed E-state index contributed by atoms with van der Waals surface area (Å²) >= 11 is 0. The van der Waals surface area contributed by atoms with Crippen molar-refractivity contribution < 1.29 is 4.79 Å². The van der Waals surface area contributed by atoms with E-state index < -0.39 is 0 Å². The molecule has 1 fully saturated rings. The lowest BCUT2D eigenvalue weighted by molar-refractivity contribution is 0.0994. The zero-order valence-electron chi connectivity index (χ0n) is 10.6. The fraction of sp³-hybridized carbons (Fsp3) is 0.500. The van der Waals surface area contributed by atoms with Gasteiger partial charge in [-0.3, -0.25) is 4.79 Å². The third-order valence-corrected chi connectivity index (χ3v) is 3.24. The highest BCUT2D eigenvalue weighted by Crippen LogP contribution is 2.25. The predicted molar refractivity (Wildman–Crippen MR) is 70.9 cm³/mol. The highest BCUT2D eigenvalue weighted by atomic mass is 16.1. The molecule has 1 aliphatic heterocycles. The lowest BCUT2D eigenvalue weighted by atomic mass is 10.0. The molecule has 0 unspecified atom stereocenters. The number of ketones is 1. The van der Waals surface area contributed by atoms with Crippen LogP contribution in [0.2, 0.25) is 0 Å². The number of rotatable bonds is 4. The summed E-state index contributed by atoms with van der Waals surface area (Å²) in [4.78, 5) is 14.4. The fourth-order valence-corrected chi connectivity index (χ4v) is 2.36. The monoisotopic (exact) mass is 232 g/mol. The molecule has 1 aliphatic rings. The molecule has 0 amide bonds. The van der Waals surface area contributed by atoms with Gasteiger partial charge in [-0.25, -0.2) is 0 Å². The minimum absolute atomic E-state index is 0.179. The summed E-state index contributed by atoms with van der Waals surface area (Å²) < 4.78 is 0. The number of aryl methyl sites for hydroxylation is 1. The van der Waals surface area contributed by atoms with Crippen molar-refractivity contribution in [2.75, 3.05) is 31.6 Å². The van der Waals surface area contributed by atoms with Gasteiger partial charge in [-0.2, -0.15) is 0 Å². The molecule has 1 saturated heterocycles. The summed E-state index contributed by atoms with van der Waals surface area (Å²) in [7, 11) is 1.81. The lowest BCUT2D eigenvalue weighted by Crippen LogP contribution is -2.24. The number of anilines is 1. The Morgan fingerprint density at radius 2 is 2.06 bits per heavy atom. The number of carbonyl (C=O) groups is 1. The second-order valence-corrected chi connectivity index (χ2v) is 4.67. The summed E-state index contributed by atoms with van der Waals surface area (Å²) in [5.74, 6) is 0.179. The number of benzene rings is 1. The van der Waals surface area contributed by atoms with E-state index in [1.807, 2.05) is 20.0 Å². The van der Waals surface area contributed by atoms with Crippen LogP contribution in [0.15, 0.2) is 18.2 Å². The van der Waals surface area contributed by atoms with Crippen molar-refractivity contribution in [3.8, 4) is 0 Å². The van der Waals surface area contributed by atoms with Crippen LogP contribution in [0.4, 0.5) is 5.69 Å².